The Bertz CT molecular complexity index is 1560. The summed E-state index contributed by atoms with van der Waals surface area (Å²) in [4.78, 5) is 34.0. The molecule has 1 aliphatic rings. The zero-order valence-corrected chi connectivity index (χ0v) is 21.1. The summed E-state index contributed by atoms with van der Waals surface area (Å²) in [5.41, 5.74) is 0.921. The molecule has 0 saturated heterocycles. The molecule has 1 aliphatic heterocycles. The molecule has 2 amide bonds. The lowest BCUT2D eigenvalue weighted by atomic mass is 10.1. The van der Waals surface area contributed by atoms with E-state index < -0.39 is 23.7 Å². The Morgan fingerprint density at radius 1 is 1.10 bits per heavy atom. The fourth-order valence-corrected chi connectivity index (χ4v) is 4.34. The zero-order valence-electron chi connectivity index (χ0n) is 21.1. The maximum atomic E-state index is 13.5. The van der Waals surface area contributed by atoms with Crippen LogP contribution >= 0.6 is 0 Å². The Morgan fingerprint density at radius 3 is 2.69 bits per heavy atom. The number of benzene rings is 2. The van der Waals surface area contributed by atoms with Crippen molar-refractivity contribution in [1.29, 1.82) is 0 Å². The van der Waals surface area contributed by atoms with Crippen molar-refractivity contribution in [1.82, 2.24) is 25.2 Å². The average molecular weight is 539 g/mol. The molecule has 202 valence electrons. The summed E-state index contributed by atoms with van der Waals surface area (Å²) in [6.07, 6.45) is -1.02. The highest BCUT2D eigenvalue weighted by Gasteiger charge is 2.32. The van der Waals surface area contributed by atoms with Gasteiger partial charge in [-0.3, -0.25) is 9.36 Å². The lowest BCUT2D eigenvalue weighted by Crippen LogP contribution is -2.30. The van der Waals surface area contributed by atoms with Gasteiger partial charge in [0, 0.05) is 41.0 Å². The minimum atomic E-state index is -4.70. The Kier molecular flexibility index (Phi) is 6.96. The van der Waals surface area contributed by atoms with Gasteiger partial charge in [0.25, 0.3) is 5.91 Å². The molecule has 4 aromatic rings. The van der Waals surface area contributed by atoms with E-state index in [2.05, 4.69) is 25.9 Å². The van der Waals surface area contributed by atoms with Gasteiger partial charge in [-0.25, -0.2) is 14.8 Å². The number of nitrogens with zero attached hydrogens (tertiary/aromatic N) is 3. The minimum absolute atomic E-state index is 0.159. The number of alkyl halides is 3. The van der Waals surface area contributed by atoms with Gasteiger partial charge in [-0.1, -0.05) is 0 Å². The van der Waals surface area contributed by atoms with Crippen LogP contribution in [0.1, 0.15) is 41.0 Å². The Balaban J connectivity index is 1.39. The van der Waals surface area contributed by atoms with Crippen LogP contribution in [0.3, 0.4) is 0 Å². The molecular formula is C27H25F3N6O3. The van der Waals surface area contributed by atoms with Crippen molar-refractivity contribution in [3.63, 3.8) is 0 Å². The summed E-state index contributed by atoms with van der Waals surface area (Å²) in [7, 11) is 0. The molecule has 3 heterocycles. The molecule has 12 heteroatoms. The van der Waals surface area contributed by atoms with E-state index in [0.717, 1.165) is 36.4 Å². The zero-order chi connectivity index (χ0) is 27.7. The quantitative estimate of drug-likeness (QED) is 0.326. The van der Waals surface area contributed by atoms with Crippen molar-refractivity contribution >= 4 is 28.5 Å². The van der Waals surface area contributed by atoms with Crippen molar-refractivity contribution < 1.29 is 27.5 Å². The summed E-state index contributed by atoms with van der Waals surface area (Å²) in [6.45, 7) is 4.83. The lowest BCUT2D eigenvalue weighted by molar-refractivity contribution is -0.137. The van der Waals surface area contributed by atoms with Crippen molar-refractivity contribution in [2.75, 3.05) is 11.9 Å². The van der Waals surface area contributed by atoms with Crippen LogP contribution < -0.4 is 20.7 Å². The third kappa shape index (κ3) is 5.70. The van der Waals surface area contributed by atoms with E-state index in [0.29, 0.717) is 29.1 Å². The number of fused-ring (bicyclic) bond motifs is 2. The molecule has 0 aliphatic carbocycles. The van der Waals surface area contributed by atoms with Crippen LogP contribution in [0, 0.1) is 0 Å². The SMILES string of the molecule is CC(C)NC(=O)c1cc(NC(=O)n2ccc3cc(Oc4ncnc5c4CCNC5)ccc32)cc(C(F)(F)F)c1. The summed E-state index contributed by atoms with van der Waals surface area (Å²) in [5.74, 6) is 0.311. The lowest BCUT2D eigenvalue weighted by Gasteiger charge is -2.18. The highest BCUT2D eigenvalue weighted by molar-refractivity contribution is 6.00. The van der Waals surface area contributed by atoms with E-state index in [1.807, 2.05) is 0 Å². The van der Waals surface area contributed by atoms with Gasteiger partial charge in [0.15, 0.2) is 0 Å². The van der Waals surface area contributed by atoms with Crippen LogP contribution in [0.4, 0.5) is 23.7 Å². The molecule has 9 nitrogen and oxygen atoms in total. The minimum Gasteiger partial charge on any atom is -0.439 e. The average Bonchev–Trinajstić information content (AvgIpc) is 3.31. The Labute approximate surface area is 221 Å². The van der Waals surface area contributed by atoms with E-state index in [-0.39, 0.29) is 17.3 Å². The number of aromatic nitrogens is 3. The Morgan fingerprint density at radius 2 is 1.92 bits per heavy atom. The van der Waals surface area contributed by atoms with Crippen LogP contribution in [0.15, 0.2) is 55.0 Å². The number of rotatable bonds is 5. The second-order valence-corrected chi connectivity index (χ2v) is 9.39. The first-order valence-corrected chi connectivity index (χ1v) is 12.3. The second kappa shape index (κ2) is 10.4. The van der Waals surface area contributed by atoms with Gasteiger partial charge in [0.1, 0.15) is 12.1 Å². The molecule has 0 saturated carbocycles. The van der Waals surface area contributed by atoms with Gasteiger partial charge in [-0.15, -0.1) is 0 Å². The van der Waals surface area contributed by atoms with Crippen LogP contribution in [-0.2, 0) is 19.1 Å². The molecule has 0 spiro atoms. The largest absolute Gasteiger partial charge is 0.439 e. The number of carbonyl (C=O) groups excluding carboxylic acids is 2. The van der Waals surface area contributed by atoms with Gasteiger partial charge >= 0.3 is 12.2 Å². The van der Waals surface area contributed by atoms with Gasteiger partial charge in [0.05, 0.1) is 16.8 Å². The molecule has 2 aromatic heterocycles. The van der Waals surface area contributed by atoms with E-state index in [9.17, 15) is 22.8 Å². The van der Waals surface area contributed by atoms with Crippen LogP contribution in [-0.4, -0.2) is 39.1 Å². The maximum absolute atomic E-state index is 13.5. The van der Waals surface area contributed by atoms with Crippen LogP contribution in [0.5, 0.6) is 11.6 Å². The van der Waals surface area contributed by atoms with Crippen molar-refractivity contribution in [2.24, 2.45) is 0 Å². The molecule has 0 fully saturated rings. The number of carbonyl (C=O) groups is 2. The first-order valence-electron chi connectivity index (χ1n) is 12.3. The predicted molar refractivity (Wildman–Crippen MR) is 138 cm³/mol. The molecule has 0 radical (unpaired) electrons. The second-order valence-electron chi connectivity index (χ2n) is 9.39. The number of anilines is 1. The number of nitrogens with one attached hydrogen (secondary N) is 3. The molecule has 0 unspecified atom stereocenters. The van der Waals surface area contributed by atoms with Crippen molar-refractivity contribution in [3.05, 3.63) is 77.4 Å². The number of amides is 2. The van der Waals surface area contributed by atoms with Gasteiger partial charge in [0.2, 0.25) is 5.88 Å². The van der Waals surface area contributed by atoms with Gasteiger partial charge in [-0.2, -0.15) is 13.2 Å². The van der Waals surface area contributed by atoms with E-state index in [4.69, 9.17) is 4.74 Å². The molecule has 5 rings (SSSR count). The fraction of sp³-hybridized carbons (Fsp3) is 0.259. The van der Waals surface area contributed by atoms with Crippen LogP contribution in [0.2, 0.25) is 0 Å². The standard InChI is InChI=1S/C27H25F3N6O3/c1-15(2)34-24(37)17-9-18(27(28,29)30)12-19(10-17)35-26(38)36-8-6-16-11-20(3-4-23(16)36)39-25-21-5-7-31-13-22(21)32-14-33-25/h3-4,6,8-12,14-15,31H,5,7,13H2,1-2H3,(H,34,37)(H,35,38). The van der Waals surface area contributed by atoms with Gasteiger partial charge in [-0.05, 0) is 69.3 Å². The van der Waals surface area contributed by atoms with E-state index in [1.165, 1.54) is 23.2 Å². The molecule has 2 aromatic carbocycles. The monoisotopic (exact) mass is 538 g/mol. The molecular weight excluding hydrogens is 513 g/mol. The normalized spacial score (nSPS) is 13.3. The number of hydrogen-bond acceptors (Lipinski definition) is 6. The van der Waals surface area contributed by atoms with E-state index in [1.54, 1.807) is 38.1 Å². The predicted octanol–water partition coefficient (Wildman–Crippen LogP) is 5.11. The molecule has 0 bridgehead atoms. The third-order valence-electron chi connectivity index (χ3n) is 6.13. The molecule has 39 heavy (non-hydrogen) atoms. The summed E-state index contributed by atoms with van der Waals surface area (Å²) < 4.78 is 47.8. The summed E-state index contributed by atoms with van der Waals surface area (Å²) >= 11 is 0. The fourth-order valence-electron chi connectivity index (χ4n) is 4.34. The van der Waals surface area contributed by atoms with Gasteiger partial charge < -0.3 is 20.7 Å². The van der Waals surface area contributed by atoms with E-state index >= 15 is 0 Å². The highest BCUT2D eigenvalue weighted by atomic mass is 19.4. The molecule has 3 N–H and O–H groups in total. The number of hydrogen-bond donors (Lipinski definition) is 3. The summed E-state index contributed by atoms with van der Waals surface area (Å²) in [5, 5.41) is 8.96. The first-order chi connectivity index (χ1) is 18.6. The number of ether oxygens (including phenoxy) is 1. The number of halogens is 3. The smallest absolute Gasteiger partial charge is 0.416 e. The van der Waals surface area contributed by atoms with Crippen molar-refractivity contribution in [3.8, 4) is 11.6 Å². The maximum Gasteiger partial charge on any atom is 0.416 e. The Hall–Kier alpha value is -4.45. The summed E-state index contributed by atoms with van der Waals surface area (Å²) in [6, 6.07) is 8.58. The molecule has 0 atom stereocenters. The topological polar surface area (TPSA) is 110 Å². The third-order valence-corrected chi connectivity index (χ3v) is 6.13. The highest BCUT2D eigenvalue weighted by Crippen LogP contribution is 2.33. The van der Waals surface area contributed by atoms with Crippen LogP contribution in [0.25, 0.3) is 10.9 Å². The first kappa shape index (κ1) is 26.2. The van der Waals surface area contributed by atoms with Crippen molar-refractivity contribution in [2.45, 2.75) is 39.0 Å².